The third kappa shape index (κ3) is 7.88. The van der Waals surface area contributed by atoms with Gasteiger partial charge in [0.25, 0.3) is 0 Å². The van der Waals surface area contributed by atoms with Crippen LogP contribution in [-0.2, 0) is 18.0 Å². The first-order valence-electron chi connectivity index (χ1n) is 14.3. The Morgan fingerprint density at radius 2 is 1.37 bits per heavy atom. The smallest absolute Gasteiger partial charge is 0.410 e. The van der Waals surface area contributed by atoms with E-state index < -0.39 is 5.60 Å². The maximum Gasteiger partial charge on any atom is 0.410 e. The Kier molecular flexibility index (Phi) is 8.88. The van der Waals surface area contributed by atoms with Crippen LogP contribution in [0, 0.1) is 0 Å². The molecule has 3 aromatic carbocycles. The quantitative estimate of drug-likeness (QED) is 0.222. The minimum atomic E-state index is -0.478. The Balaban J connectivity index is 1.29. The fraction of sp³-hybridized carbons (Fsp3) is 0.314. The molecule has 0 saturated carbocycles. The van der Waals surface area contributed by atoms with Crippen LogP contribution >= 0.6 is 0 Å². The lowest BCUT2D eigenvalue weighted by Gasteiger charge is -2.33. The second-order valence-corrected chi connectivity index (χ2v) is 11.4. The average molecular weight is 551 g/mol. The molecular weight excluding hydrogens is 512 g/mol. The van der Waals surface area contributed by atoms with Crippen LogP contribution in [0.3, 0.4) is 0 Å². The third-order valence-electron chi connectivity index (χ3n) is 7.12. The van der Waals surface area contributed by atoms with Gasteiger partial charge in [0.1, 0.15) is 18.8 Å². The zero-order chi connectivity index (χ0) is 28.7. The summed E-state index contributed by atoms with van der Waals surface area (Å²) < 4.78 is 17.8. The molecule has 2 heterocycles. The summed E-state index contributed by atoms with van der Waals surface area (Å²) in [6, 6.07) is 32.7. The maximum atomic E-state index is 12.4. The Morgan fingerprint density at radius 1 is 0.780 bits per heavy atom. The molecule has 0 atom stereocenters. The van der Waals surface area contributed by atoms with E-state index in [2.05, 4.69) is 24.3 Å². The Hall–Kier alpha value is -4.32. The molecule has 0 bridgehead atoms. The van der Waals surface area contributed by atoms with E-state index in [0.717, 1.165) is 35.1 Å². The second kappa shape index (κ2) is 12.9. The largest absolute Gasteiger partial charge is 0.473 e. The van der Waals surface area contributed by atoms with Gasteiger partial charge < -0.3 is 19.1 Å². The lowest BCUT2D eigenvalue weighted by atomic mass is 9.88. The van der Waals surface area contributed by atoms with Gasteiger partial charge in [0.2, 0.25) is 11.8 Å². The van der Waals surface area contributed by atoms with Gasteiger partial charge in [-0.1, -0.05) is 84.9 Å². The number of carbonyl (C=O) groups excluding carboxylic acids is 1. The summed E-state index contributed by atoms with van der Waals surface area (Å²) in [5.41, 5.74) is 4.90. The van der Waals surface area contributed by atoms with Gasteiger partial charge in [-0.15, -0.1) is 0 Å². The fourth-order valence-corrected chi connectivity index (χ4v) is 4.95. The van der Waals surface area contributed by atoms with Gasteiger partial charge >= 0.3 is 6.09 Å². The highest BCUT2D eigenvalue weighted by Crippen LogP contribution is 2.34. The summed E-state index contributed by atoms with van der Waals surface area (Å²) >= 11 is 0. The molecule has 1 amide bonds. The number of benzene rings is 3. The van der Waals surface area contributed by atoms with Crippen molar-refractivity contribution in [1.29, 1.82) is 0 Å². The van der Waals surface area contributed by atoms with Gasteiger partial charge in [-0.25, -0.2) is 4.79 Å². The molecule has 6 heteroatoms. The monoisotopic (exact) mass is 550 g/mol. The summed E-state index contributed by atoms with van der Waals surface area (Å²) in [6.45, 7) is 7.96. The van der Waals surface area contributed by atoms with Crippen LogP contribution in [0.4, 0.5) is 4.79 Å². The normalized spacial score (nSPS) is 14.0. The molecule has 1 aliphatic rings. The van der Waals surface area contributed by atoms with Crippen molar-refractivity contribution < 1.29 is 19.0 Å². The number of aromatic nitrogens is 1. The van der Waals surface area contributed by atoms with E-state index in [4.69, 9.17) is 19.2 Å². The fourth-order valence-electron chi connectivity index (χ4n) is 4.95. The van der Waals surface area contributed by atoms with E-state index >= 15 is 0 Å². The van der Waals surface area contributed by atoms with Crippen LogP contribution in [0.2, 0.25) is 0 Å². The van der Waals surface area contributed by atoms with Crippen LogP contribution in [0.1, 0.15) is 56.2 Å². The van der Waals surface area contributed by atoms with Crippen molar-refractivity contribution in [2.45, 2.75) is 58.3 Å². The number of hydrogen-bond acceptors (Lipinski definition) is 5. The molecule has 0 N–H and O–H groups in total. The number of nitrogens with zero attached hydrogens (tertiary/aromatic N) is 2. The highest BCUT2D eigenvalue weighted by atomic mass is 16.6. The summed E-state index contributed by atoms with van der Waals surface area (Å²) in [7, 11) is 0. The van der Waals surface area contributed by atoms with Gasteiger partial charge in [-0.2, -0.15) is 4.98 Å². The Labute approximate surface area is 242 Å². The molecule has 5 rings (SSSR count). The van der Waals surface area contributed by atoms with Crippen molar-refractivity contribution in [3.63, 3.8) is 0 Å². The van der Waals surface area contributed by atoms with Gasteiger partial charge in [0.15, 0.2) is 0 Å². The molecule has 1 aliphatic heterocycles. The highest BCUT2D eigenvalue weighted by molar-refractivity contribution is 5.70. The average Bonchev–Trinajstić information content (AvgIpc) is 2.99. The number of likely N-dealkylation sites (tertiary alicyclic amines) is 1. The molecule has 0 aliphatic carbocycles. The van der Waals surface area contributed by atoms with Crippen molar-refractivity contribution in [2.75, 3.05) is 13.1 Å². The van der Waals surface area contributed by atoms with Gasteiger partial charge in [-0.05, 0) is 67.9 Å². The second-order valence-electron chi connectivity index (χ2n) is 11.4. The summed E-state index contributed by atoms with van der Waals surface area (Å²) in [6.07, 6.45) is 1.61. The van der Waals surface area contributed by atoms with Crippen LogP contribution in [-0.4, -0.2) is 34.7 Å². The summed E-state index contributed by atoms with van der Waals surface area (Å²) in [4.78, 5) is 19.0. The van der Waals surface area contributed by atoms with E-state index in [0.29, 0.717) is 44.0 Å². The van der Waals surface area contributed by atoms with E-state index in [1.807, 2.05) is 98.5 Å². The molecule has 4 aromatic rings. The van der Waals surface area contributed by atoms with Crippen molar-refractivity contribution in [2.24, 2.45) is 0 Å². The van der Waals surface area contributed by atoms with Gasteiger partial charge in [-0.3, -0.25) is 0 Å². The van der Waals surface area contributed by atoms with Crippen LogP contribution in [0.15, 0.2) is 97.1 Å². The molecular formula is C35H38N2O4. The van der Waals surface area contributed by atoms with Gasteiger partial charge in [0, 0.05) is 24.7 Å². The number of ether oxygens (including phenoxy) is 3. The molecule has 6 nitrogen and oxygen atoms in total. The minimum Gasteiger partial charge on any atom is -0.473 e. The number of hydrogen-bond donors (Lipinski definition) is 0. The summed E-state index contributed by atoms with van der Waals surface area (Å²) in [5, 5.41) is 0. The predicted octanol–water partition coefficient (Wildman–Crippen LogP) is 8.02. The van der Waals surface area contributed by atoms with Crippen molar-refractivity contribution in [3.05, 3.63) is 114 Å². The summed E-state index contributed by atoms with van der Waals surface area (Å²) in [5.74, 6) is 1.47. The number of rotatable bonds is 8. The van der Waals surface area contributed by atoms with E-state index in [-0.39, 0.29) is 6.09 Å². The van der Waals surface area contributed by atoms with E-state index in [1.54, 1.807) is 0 Å². The lowest BCUT2D eigenvalue weighted by Crippen LogP contribution is -2.41. The highest BCUT2D eigenvalue weighted by Gasteiger charge is 2.27. The number of piperidine rings is 1. The molecule has 41 heavy (non-hydrogen) atoms. The zero-order valence-electron chi connectivity index (χ0n) is 24.1. The minimum absolute atomic E-state index is 0.224. The standard InChI is InChI=1S/C35H38N2O4/c1-35(2,3)41-34(38)37-22-20-29(21-23-37)28-14-16-30(17-15-28)31-18-19-32(39-24-26-10-6-4-7-11-26)36-33(31)40-25-27-12-8-5-9-13-27/h4-19,29H,20-25H2,1-3H3. The van der Waals surface area contributed by atoms with Gasteiger partial charge in [0.05, 0.1) is 0 Å². The van der Waals surface area contributed by atoms with E-state index in [9.17, 15) is 4.79 Å². The molecule has 0 unspecified atom stereocenters. The predicted molar refractivity (Wildman–Crippen MR) is 161 cm³/mol. The van der Waals surface area contributed by atoms with Crippen LogP contribution in [0.5, 0.6) is 11.8 Å². The molecule has 1 aromatic heterocycles. The molecule has 1 fully saturated rings. The van der Waals surface area contributed by atoms with Crippen molar-refractivity contribution in [1.82, 2.24) is 9.88 Å². The number of amides is 1. The lowest BCUT2D eigenvalue weighted by molar-refractivity contribution is 0.0205. The number of carbonyl (C=O) groups is 1. The first-order valence-corrected chi connectivity index (χ1v) is 14.3. The third-order valence-corrected chi connectivity index (χ3v) is 7.12. The Morgan fingerprint density at radius 3 is 1.95 bits per heavy atom. The molecule has 0 spiro atoms. The van der Waals surface area contributed by atoms with Crippen molar-refractivity contribution >= 4 is 6.09 Å². The van der Waals surface area contributed by atoms with Crippen LogP contribution < -0.4 is 9.47 Å². The first-order chi connectivity index (χ1) is 19.8. The SMILES string of the molecule is CC(C)(C)OC(=O)N1CCC(c2ccc(-c3ccc(OCc4ccccc4)nc3OCc3ccccc3)cc2)CC1. The Bertz CT molecular complexity index is 1410. The zero-order valence-corrected chi connectivity index (χ0v) is 24.1. The molecule has 212 valence electrons. The van der Waals surface area contributed by atoms with E-state index in [1.165, 1.54) is 5.56 Å². The topological polar surface area (TPSA) is 60.9 Å². The first kappa shape index (κ1) is 28.2. The molecule has 1 saturated heterocycles. The number of pyridine rings is 1. The van der Waals surface area contributed by atoms with Crippen LogP contribution in [0.25, 0.3) is 11.1 Å². The van der Waals surface area contributed by atoms with Crippen molar-refractivity contribution in [3.8, 4) is 22.9 Å². The maximum absolute atomic E-state index is 12.4. The molecule has 0 radical (unpaired) electrons.